The summed E-state index contributed by atoms with van der Waals surface area (Å²) in [4.78, 5) is 25.7. The molecule has 3 aromatic rings. The zero-order valence-electron chi connectivity index (χ0n) is 16.1. The van der Waals surface area contributed by atoms with Crippen LogP contribution in [-0.4, -0.2) is 17.1 Å². The van der Waals surface area contributed by atoms with E-state index in [1.807, 2.05) is 56.3 Å². The molecule has 29 heavy (non-hydrogen) atoms. The summed E-state index contributed by atoms with van der Waals surface area (Å²) in [6.07, 6.45) is 0. The molecule has 4 nitrogen and oxygen atoms in total. The van der Waals surface area contributed by atoms with E-state index in [0.29, 0.717) is 22.0 Å². The number of carbonyl (C=O) groups is 2. The molecule has 0 fully saturated rings. The highest BCUT2D eigenvalue weighted by atomic mass is 35.5. The molecule has 0 aliphatic heterocycles. The van der Waals surface area contributed by atoms with E-state index in [2.05, 4.69) is 10.6 Å². The molecular weight excluding hydrogens is 404 g/mol. The number of amides is 2. The summed E-state index contributed by atoms with van der Waals surface area (Å²) >= 11 is 7.39. The Labute approximate surface area is 179 Å². The third kappa shape index (κ3) is 6.11. The van der Waals surface area contributed by atoms with Gasteiger partial charge in [0, 0.05) is 26.9 Å². The van der Waals surface area contributed by atoms with Crippen molar-refractivity contribution >= 4 is 46.6 Å². The lowest BCUT2D eigenvalue weighted by Crippen LogP contribution is -2.22. The van der Waals surface area contributed by atoms with Gasteiger partial charge in [-0.2, -0.15) is 0 Å². The van der Waals surface area contributed by atoms with Crippen LogP contribution in [0.25, 0.3) is 0 Å². The van der Waals surface area contributed by atoms with Gasteiger partial charge in [-0.25, -0.2) is 0 Å². The number of hydrogen-bond donors (Lipinski definition) is 2. The average Bonchev–Trinajstić information content (AvgIpc) is 2.69. The van der Waals surface area contributed by atoms with Crippen molar-refractivity contribution in [1.82, 2.24) is 0 Å². The molecule has 0 saturated carbocycles. The first-order valence-corrected chi connectivity index (χ1v) is 10.4. The second-order valence-corrected chi connectivity index (χ2v) is 8.46. The van der Waals surface area contributed by atoms with Crippen LogP contribution in [0.2, 0.25) is 5.02 Å². The monoisotopic (exact) mass is 424 g/mol. The molecule has 0 aliphatic rings. The number of nitrogens with one attached hydrogen (secondary N) is 2. The second-order valence-electron chi connectivity index (χ2n) is 6.61. The van der Waals surface area contributed by atoms with Crippen molar-refractivity contribution in [2.24, 2.45) is 0 Å². The first-order valence-electron chi connectivity index (χ1n) is 9.12. The molecule has 2 N–H and O–H groups in total. The number of halogens is 1. The van der Waals surface area contributed by atoms with Crippen LogP contribution in [0.3, 0.4) is 0 Å². The maximum atomic E-state index is 12.4. The molecular formula is C23H21ClN2O2S. The van der Waals surface area contributed by atoms with Gasteiger partial charge in [0.15, 0.2) is 0 Å². The van der Waals surface area contributed by atoms with E-state index in [-0.39, 0.29) is 17.1 Å². The highest BCUT2D eigenvalue weighted by Gasteiger charge is 2.15. The van der Waals surface area contributed by atoms with Crippen molar-refractivity contribution in [2.75, 3.05) is 10.6 Å². The summed E-state index contributed by atoms with van der Waals surface area (Å²) in [5, 5.41) is 6.03. The molecule has 3 rings (SSSR count). The van der Waals surface area contributed by atoms with E-state index in [1.54, 1.807) is 30.3 Å². The summed E-state index contributed by atoms with van der Waals surface area (Å²) in [6, 6.07) is 21.9. The number of rotatable bonds is 6. The average molecular weight is 425 g/mol. The van der Waals surface area contributed by atoms with E-state index in [1.165, 1.54) is 11.8 Å². The highest BCUT2D eigenvalue weighted by Crippen LogP contribution is 2.26. The Balaban J connectivity index is 1.57. The molecule has 0 heterocycles. The molecule has 0 spiro atoms. The number of hydrogen-bond acceptors (Lipinski definition) is 3. The van der Waals surface area contributed by atoms with Crippen molar-refractivity contribution in [3.63, 3.8) is 0 Å². The Morgan fingerprint density at radius 2 is 1.62 bits per heavy atom. The quantitative estimate of drug-likeness (QED) is 0.475. The summed E-state index contributed by atoms with van der Waals surface area (Å²) in [6.45, 7) is 3.80. The van der Waals surface area contributed by atoms with Crippen molar-refractivity contribution in [3.8, 4) is 0 Å². The van der Waals surface area contributed by atoms with Crippen LogP contribution >= 0.6 is 23.4 Å². The van der Waals surface area contributed by atoms with Gasteiger partial charge in [0.2, 0.25) is 5.91 Å². The fourth-order valence-corrected chi connectivity index (χ4v) is 3.73. The van der Waals surface area contributed by atoms with E-state index in [4.69, 9.17) is 11.6 Å². The lowest BCUT2D eigenvalue weighted by atomic mass is 10.1. The zero-order valence-corrected chi connectivity index (χ0v) is 17.7. The fourth-order valence-electron chi connectivity index (χ4n) is 2.67. The largest absolute Gasteiger partial charge is 0.325 e. The summed E-state index contributed by atoms with van der Waals surface area (Å²) < 4.78 is 0. The summed E-state index contributed by atoms with van der Waals surface area (Å²) in [7, 11) is 0. The lowest BCUT2D eigenvalue weighted by Gasteiger charge is -2.13. The number of carbonyl (C=O) groups excluding carboxylic acids is 2. The van der Waals surface area contributed by atoms with Crippen molar-refractivity contribution in [1.29, 1.82) is 0 Å². The molecule has 0 radical (unpaired) electrons. The Hall–Kier alpha value is -2.76. The minimum atomic E-state index is -0.290. The third-order valence-corrected chi connectivity index (χ3v) is 5.51. The molecule has 148 valence electrons. The third-order valence-electron chi connectivity index (χ3n) is 4.17. The second kappa shape index (κ2) is 9.63. The Kier molecular flexibility index (Phi) is 6.96. The van der Waals surface area contributed by atoms with E-state index in [9.17, 15) is 9.59 Å². The van der Waals surface area contributed by atoms with Crippen LogP contribution < -0.4 is 10.6 Å². The maximum absolute atomic E-state index is 12.4. The highest BCUT2D eigenvalue weighted by molar-refractivity contribution is 8.00. The molecule has 3 aromatic carbocycles. The lowest BCUT2D eigenvalue weighted by molar-refractivity contribution is -0.115. The van der Waals surface area contributed by atoms with Gasteiger partial charge in [0.1, 0.15) is 0 Å². The molecule has 0 saturated heterocycles. The predicted molar refractivity (Wildman–Crippen MR) is 121 cm³/mol. The van der Waals surface area contributed by atoms with Gasteiger partial charge in [0.05, 0.1) is 5.25 Å². The van der Waals surface area contributed by atoms with Crippen LogP contribution in [0.1, 0.15) is 22.8 Å². The molecule has 0 aromatic heterocycles. The van der Waals surface area contributed by atoms with E-state index in [0.717, 1.165) is 10.5 Å². The minimum Gasteiger partial charge on any atom is -0.325 e. The molecule has 6 heteroatoms. The zero-order chi connectivity index (χ0) is 20.8. The summed E-state index contributed by atoms with van der Waals surface area (Å²) in [5.74, 6) is -0.252. The summed E-state index contributed by atoms with van der Waals surface area (Å²) in [5.41, 5.74) is 3.03. The van der Waals surface area contributed by atoms with Gasteiger partial charge in [-0.1, -0.05) is 35.4 Å². The minimum absolute atomic E-state index is 0.103. The van der Waals surface area contributed by atoms with Gasteiger partial charge >= 0.3 is 0 Å². The van der Waals surface area contributed by atoms with Crippen molar-refractivity contribution in [2.45, 2.75) is 24.0 Å². The SMILES string of the molecule is Cc1cccc(C(=O)Nc2ccc(SC(C)C(=O)Nc3cccc(Cl)c3)cc2)c1. The molecule has 2 amide bonds. The van der Waals surface area contributed by atoms with Crippen molar-refractivity contribution in [3.05, 3.63) is 88.9 Å². The van der Waals surface area contributed by atoms with E-state index >= 15 is 0 Å². The Morgan fingerprint density at radius 3 is 2.31 bits per heavy atom. The van der Waals surface area contributed by atoms with Gasteiger partial charge in [0.25, 0.3) is 5.91 Å². The number of benzene rings is 3. The number of thioether (sulfide) groups is 1. The van der Waals surface area contributed by atoms with Crippen LogP contribution in [0.15, 0.2) is 77.7 Å². The van der Waals surface area contributed by atoms with Crippen molar-refractivity contribution < 1.29 is 9.59 Å². The fraction of sp³-hybridized carbons (Fsp3) is 0.130. The van der Waals surface area contributed by atoms with Crippen LogP contribution in [0.5, 0.6) is 0 Å². The first kappa shape index (κ1) is 21.0. The van der Waals surface area contributed by atoms with Crippen LogP contribution in [0.4, 0.5) is 11.4 Å². The molecule has 1 unspecified atom stereocenters. The Bertz CT molecular complexity index is 1020. The Morgan fingerprint density at radius 1 is 0.897 bits per heavy atom. The molecule has 1 atom stereocenters. The van der Waals surface area contributed by atoms with Gasteiger partial charge in [-0.3, -0.25) is 9.59 Å². The predicted octanol–water partition coefficient (Wildman–Crippen LogP) is 6.02. The van der Waals surface area contributed by atoms with Crippen LogP contribution in [0, 0.1) is 6.92 Å². The molecule has 0 aliphatic carbocycles. The number of anilines is 2. The van der Waals surface area contributed by atoms with Gasteiger partial charge in [-0.15, -0.1) is 11.8 Å². The topological polar surface area (TPSA) is 58.2 Å². The van der Waals surface area contributed by atoms with Gasteiger partial charge < -0.3 is 10.6 Å². The maximum Gasteiger partial charge on any atom is 0.255 e. The van der Waals surface area contributed by atoms with Gasteiger partial charge in [-0.05, 0) is 68.4 Å². The molecule has 0 bridgehead atoms. The number of aryl methyl sites for hydroxylation is 1. The van der Waals surface area contributed by atoms with E-state index < -0.39 is 0 Å². The smallest absolute Gasteiger partial charge is 0.255 e. The van der Waals surface area contributed by atoms with Crippen LogP contribution in [-0.2, 0) is 4.79 Å². The normalized spacial score (nSPS) is 11.6. The standard InChI is InChI=1S/C23H21ClN2O2S/c1-15-5-3-6-17(13-15)23(28)25-19-9-11-21(12-10-19)29-16(2)22(27)26-20-8-4-7-18(24)14-20/h3-14,16H,1-2H3,(H,25,28)(H,26,27). The first-order chi connectivity index (χ1) is 13.9.